The van der Waals surface area contributed by atoms with Gasteiger partial charge in [-0.3, -0.25) is 28.9 Å². The molecule has 0 radical (unpaired) electrons. The molecule has 2 aliphatic rings. The fraction of sp³-hybridized carbons (Fsp3) is 0.545. The minimum atomic E-state index is -1.49. The van der Waals surface area contributed by atoms with Crippen LogP contribution in [0.3, 0.4) is 0 Å². The first-order valence-corrected chi connectivity index (χ1v) is 5.94. The Labute approximate surface area is 113 Å². The normalized spacial score (nSPS) is 26.5. The average molecular weight is 284 g/mol. The molecule has 2 atom stereocenters. The third-order valence-corrected chi connectivity index (χ3v) is 2.99. The highest BCUT2D eigenvalue weighted by Crippen LogP contribution is 2.21. The van der Waals surface area contributed by atoms with Crippen LogP contribution in [-0.2, 0) is 28.9 Å². The van der Waals surface area contributed by atoms with Gasteiger partial charge in [-0.2, -0.15) is 4.79 Å². The highest BCUT2D eigenvalue weighted by atomic mass is 16.9. The van der Waals surface area contributed by atoms with E-state index in [1.807, 2.05) is 0 Å². The van der Waals surface area contributed by atoms with Gasteiger partial charge in [-0.05, 0) is 0 Å². The Bertz CT molecular complexity index is 471. The molecule has 2 rings (SSSR count). The van der Waals surface area contributed by atoms with Gasteiger partial charge in [0.1, 0.15) is 0 Å². The van der Waals surface area contributed by atoms with Crippen LogP contribution >= 0.6 is 0 Å². The molecule has 0 bridgehead atoms. The zero-order valence-corrected chi connectivity index (χ0v) is 10.8. The summed E-state index contributed by atoms with van der Waals surface area (Å²) in [7, 11) is 0. The third-order valence-electron chi connectivity index (χ3n) is 2.99. The van der Waals surface area contributed by atoms with E-state index in [-0.39, 0.29) is 23.0 Å². The van der Waals surface area contributed by atoms with Crippen molar-refractivity contribution in [1.82, 2.24) is 10.1 Å². The largest absolute Gasteiger partial charge is 0.560 e. The topological polar surface area (TPSA) is 110 Å². The summed E-state index contributed by atoms with van der Waals surface area (Å²) < 4.78 is 0. The fourth-order valence-electron chi connectivity index (χ4n) is 1.87. The van der Waals surface area contributed by atoms with Crippen LogP contribution in [0.1, 0.15) is 26.7 Å². The summed E-state index contributed by atoms with van der Waals surface area (Å²) in [5.74, 6) is -3.92. The SMILES string of the molecule is CC1CC(=O)N(OC(=O)ON2C(=O)CC(C)C2=O)C1=O. The average Bonchev–Trinajstić information content (AvgIpc) is 2.74. The van der Waals surface area contributed by atoms with Crippen molar-refractivity contribution >= 4 is 29.8 Å². The van der Waals surface area contributed by atoms with E-state index >= 15 is 0 Å². The molecule has 0 aromatic carbocycles. The zero-order chi connectivity index (χ0) is 15.0. The molecule has 0 aromatic rings. The van der Waals surface area contributed by atoms with Gasteiger partial charge in [0, 0.05) is 24.7 Å². The molecule has 2 saturated heterocycles. The van der Waals surface area contributed by atoms with E-state index in [1.165, 1.54) is 13.8 Å². The van der Waals surface area contributed by atoms with Crippen LogP contribution < -0.4 is 0 Å². The van der Waals surface area contributed by atoms with Crippen molar-refractivity contribution in [3.8, 4) is 0 Å². The number of carbonyl (C=O) groups excluding carboxylic acids is 5. The Hall–Kier alpha value is -2.45. The van der Waals surface area contributed by atoms with Crippen LogP contribution in [0.25, 0.3) is 0 Å². The standard InChI is InChI=1S/C11H12N2O7/c1-5-3-7(14)12(9(5)16)19-11(18)20-13-8(15)4-6(2)10(13)17/h5-6H,3-4H2,1-2H3. The molecule has 2 unspecified atom stereocenters. The Balaban J connectivity index is 1.97. The highest BCUT2D eigenvalue weighted by Gasteiger charge is 2.42. The Morgan fingerprint density at radius 1 is 0.900 bits per heavy atom. The van der Waals surface area contributed by atoms with E-state index in [0.717, 1.165) is 0 Å². The van der Waals surface area contributed by atoms with E-state index < -0.39 is 41.6 Å². The lowest BCUT2D eigenvalue weighted by Crippen LogP contribution is -2.38. The van der Waals surface area contributed by atoms with Gasteiger partial charge in [0.15, 0.2) is 0 Å². The molecule has 0 spiro atoms. The number of nitrogens with zero attached hydrogens (tertiary/aromatic N) is 2. The van der Waals surface area contributed by atoms with E-state index in [2.05, 4.69) is 9.68 Å². The monoisotopic (exact) mass is 284 g/mol. The summed E-state index contributed by atoms with van der Waals surface area (Å²) >= 11 is 0. The molecule has 2 heterocycles. The molecule has 4 amide bonds. The smallest absolute Gasteiger partial charge is 0.293 e. The van der Waals surface area contributed by atoms with Crippen LogP contribution in [0.5, 0.6) is 0 Å². The number of carbonyl (C=O) groups is 5. The molecular formula is C11H12N2O7. The van der Waals surface area contributed by atoms with E-state index in [0.29, 0.717) is 0 Å². The summed E-state index contributed by atoms with van der Waals surface area (Å²) in [5.41, 5.74) is 0. The molecule has 20 heavy (non-hydrogen) atoms. The van der Waals surface area contributed by atoms with Crippen molar-refractivity contribution in [2.24, 2.45) is 11.8 Å². The van der Waals surface area contributed by atoms with Gasteiger partial charge in [-0.25, -0.2) is 0 Å². The maximum Gasteiger partial charge on any atom is 0.560 e. The Kier molecular flexibility index (Phi) is 3.43. The molecule has 2 aliphatic heterocycles. The number of hydrogen-bond donors (Lipinski definition) is 0. The first-order valence-electron chi connectivity index (χ1n) is 5.94. The van der Waals surface area contributed by atoms with Gasteiger partial charge in [-0.1, -0.05) is 24.0 Å². The van der Waals surface area contributed by atoms with Crippen LogP contribution in [0.2, 0.25) is 0 Å². The van der Waals surface area contributed by atoms with Gasteiger partial charge in [-0.15, -0.1) is 0 Å². The molecule has 0 aromatic heterocycles. The van der Waals surface area contributed by atoms with Crippen LogP contribution in [-0.4, -0.2) is 39.9 Å². The summed E-state index contributed by atoms with van der Waals surface area (Å²) in [6.07, 6.45) is -1.65. The number of imide groups is 2. The molecule has 0 N–H and O–H groups in total. The van der Waals surface area contributed by atoms with Crippen molar-refractivity contribution in [3.63, 3.8) is 0 Å². The highest BCUT2D eigenvalue weighted by molar-refractivity contribution is 6.04. The number of hydroxylamine groups is 4. The van der Waals surface area contributed by atoms with Crippen molar-refractivity contribution in [1.29, 1.82) is 0 Å². The van der Waals surface area contributed by atoms with Gasteiger partial charge >= 0.3 is 6.16 Å². The minimum Gasteiger partial charge on any atom is -0.293 e. The number of hydrogen-bond acceptors (Lipinski definition) is 7. The first kappa shape index (κ1) is 14.0. The quantitative estimate of drug-likeness (QED) is 0.643. The van der Waals surface area contributed by atoms with Gasteiger partial charge in [0.25, 0.3) is 23.6 Å². The summed E-state index contributed by atoms with van der Waals surface area (Å²) in [4.78, 5) is 66.0. The number of rotatable bonds is 2. The van der Waals surface area contributed by atoms with Gasteiger partial charge in [0.2, 0.25) is 0 Å². The molecule has 0 aliphatic carbocycles. The maximum absolute atomic E-state index is 11.5. The molecule has 9 heteroatoms. The Morgan fingerprint density at radius 3 is 1.50 bits per heavy atom. The zero-order valence-electron chi connectivity index (χ0n) is 10.8. The minimum absolute atomic E-state index is 0.0786. The Morgan fingerprint density at radius 2 is 1.25 bits per heavy atom. The van der Waals surface area contributed by atoms with Crippen molar-refractivity contribution < 1.29 is 33.6 Å². The molecular weight excluding hydrogens is 272 g/mol. The second kappa shape index (κ2) is 4.91. The fourth-order valence-corrected chi connectivity index (χ4v) is 1.87. The third kappa shape index (κ3) is 2.33. The van der Waals surface area contributed by atoms with E-state index in [4.69, 9.17) is 0 Å². The predicted octanol–water partition coefficient (Wildman–Crippen LogP) is -0.240. The summed E-state index contributed by atoms with van der Waals surface area (Å²) in [6.45, 7) is 3.01. The summed E-state index contributed by atoms with van der Waals surface area (Å²) in [6, 6.07) is 0. The predicted molar refractivity (Wildman–Crippen MR) is 58.8 cm³/mol. The first-order chi connectivity index (χ1) is 9.31. The number of amides is 4. The van der Waals surface area contributed by atoms with Crippen molar-refractivity contribution in [2.75, 3.05) is 0 Å². The van der Waals surface area contributed by atoms with Crippen molar-refractivity contribution in [2.45, 2.75) is 26.7 Å². The van der Waals surface area contributed by atoms with E-state index in [9.17, 15) is 24.0 Å². The molecule has 0 saturated carbocycles. The lowest BCUT2D eigenvalue weighted by atomic mass is 10.1. The summed E-state index contributed by atoms with van der Waals surface area (Å²) in [5, 5.41) is 0.558. The molecule has 2 fully saturated rings. The second-order valence-corrected chi connectivity index (χ2v) is 4.70. The lowest BCUT2D eigenvalue weighted by Gasteiger charge is -2.16. The maximum atomic E-state index is 11.5. The van der Waals surface area contributed by atoms with Crippen LogP contribution in [0.4, 0.5) is 4.79 Å². The van der Waals surface area contributed by atoms with Gasteiger partial charge < -0.3 is 0 Å². The second-order valence-electron chi connectivity index (χ2n) is 4.70. The van der Waals surface area contributed by atoms with Crippen LogP contribution in [0, 0.1) is 11.8 Å². The molecule has 9 nitrogen and oxygen atoms in total. The van der Waals surface area contributed by atoms with E-state index in [1.54, 1.807) is 0 Å². The lowest BCUT2D eigenvalue weighted by molar-refractivity contribution is -0.199. The molecule has 108 valence electrons. The van der Waals surface area contributed by atoms with Gasteiger partial charge in [0.05, 0.1) is 0 Å². The van der Waals surface area contributed by atoms with Crippen LogP contribution in [0.15, 0.2) is 0 Å². The van der Waals surface area contributed by atoms with Crippen molar-refractivity contribution in [3.05, 3.63) is 0 Å².